The van der Waals surface area contributed by atoms with Gasteiger partial charge in [-0.1, -0.05) is 13.0 Å². The molecule has 4 aromatic rings. The van der Waals surface area contributed by atoms with Crippen molar-refractivity contribution in [3.05, 3.63) is 53.6 Å². The standard InChI is InChI=1S/C20H22N8O/c1-11(12-4-5-14-15(7-12)24-10-23-14)13-9-22-20(21)26-19(13)25-18-8-16(27-28-18)17-3-2-6-29-17/h4-5,7-11,17H,2-3,6H2,1H3,(H,23,24)(H4,21,22,25,26,27,28)/t11-,17?/m0/s1. The molecule has 1 unspecified atom stereocenters. The smallest absolute Gasteiger partial charge is 0.221 e. The molecule has 9 nitrogen and oxygen atoms in total. The number of H-pyrrole nitrogens is 2. The van der Waals surface area contributed by atoms with Gasteiger partial charge in [0, 0.05) is 30.4 Å². The Bertz CT molecular complexity index is 1140. The van der Waals surface area contributed by atoms with E-state index < -0.39 is 0 Å². The van der Waals surface area contributed by atoms with Crippen LogP contribution in [0.4, 0.5) is 17.6 Å². The SMILES string of the molecule is C[C@@H](c1ccc2[nH]cnc2c1)c1cnc(N)nc1Nc1cc(C2CCCO2)[nH]n1. The van der Waals surface area contributed by atoms with Gasteiger partial charge in [-0.2, -0.15) is 10.1 Å². The molecule has 0 amide bonds. The lowest BCUT2D eigenvalue weighted by molar-refractivity contribution is 0.108. The molecule has 9 heteroatoms. The van der Waals surface area contributed by atoms with E-state index in [2.05, 4.69) is 54.5 Å². The summed E-state index contributed by atoms with van der Waals surface area (Å²) in [6.45, 7) is 2.90. The molecule has 1 saturated heterocycles. The Hall–Kier alpha value is -3.46. The summed E-state index contributed by atoms with van der Waals surface area (Å²) in [5, 5.41) is 10.7. The number of nitrogen functional groups attached to an aromatic ring is 1. The molecule has 1 aliphatic rings. The average molecular weight is 390 g/mol. The van der Waals surface area contributed by atoms with Crippen LogP contribution in [-0.2, 0) is 4.74 Å². The largest absolute Gasteiger partial charge is 0.372 e. The van der Waals surface area contributed by atoms with Crippen LogP contribution in [0, 0.1) is 0 Å². The number of nitrogens with zero attached hydrogens (tertiary/aromatic N) is 4. The summed E-state index contributed by atoms with van der Waals surface area (Å²) in [5.41, 5.74) is 10.8. The predicted molar refractivity (Wildman–Crippen MR) is 110 cm³/mol. The van der Waals surface area contributed by atoms with E-state index in [4.69, 9.17) is 10.5 Å². The van der Waals surface area contributed by atoms with E-state index in [0.717, 1.165) is 47.3 Å². The quantitative estimate of drug-likeness (QED) is 0.411. The number of benzene rings is 1. The van der Waals surface area contributed by atoms with E-state index in [1.165, 1.54) is 0 Å². The van der Waals surface area contributed by atoms with Crippen LogP contribution < -0.4 is 11.1 Å². The van der Waals surface area contributed by atoms with E-state index in [-0.39, 0.29) is 18.0 Å². The molecule has 148 valence electrons. The van der Waals surface area contributed by atoms with Gasteiger partial charge in [0.05, 0.1) is 29.2 Å². The molecule has 5 N–H and O–H groups in total. The fraction of sp³-hybridized carbons (Fsp3) is 0.300. The second kappa shape index (κ2) is 7.17. The normalized spacial score (nSPS) is 17.6. The molecule has 29 heavy (non-hydrogen) atoms. The van der Waals surface area contributed by atoms with Crippen LogP contribution in [0.15, 0.2) is 36.8 Å². The third-order valence-electron chi connectivity index (χ3n) is 5.37. The second-order valence-electron chi connectivity index (χ2n) is 7.27. The summed E-state index contributed by atoms with van der Waals surface area (Å²) < 4.78 is 5.72. The maximum absolute atomic E-state index is 5.86. The Labute approximate surface area is 167 Å². The Kier molecular flexibility index (Phi) is 4.36. The minimum atomic E-state index is 0.0378. The van der Waals surface area contributed by atoms with Crippen molar-refractivity contribution in [3.63, 3.8) is 0 Å². The van der Waals surface area contributed by atoms with Crippen molar-refractivity contribution in [1.29, 1.82) is 0 Å². The highest BCUT2D eigenvalue weighted by Gasteiger charge is 2.21. The first-order chi connectivity index (χ1) is 14.2. The lowest BCUT2D eigenvalue weighted by Gasteiger charge is -2.16. The monoisotopic (exact) mass is 390 g/mol. The Morgan fingerprint density at radius 1 is 1.28 bits per heavy atom. The van der Waals surface area contributed by atoms with Crippen molar-refractivity contribution in [3.8, 4) is 0 Å². The molecule has 1 fully saturated rings. The maximum atomic E-state index is 5.86. The Morgan fingerprint density at radius 3 is 3.07 bits per heavy atom. The van der Waals surface area contributed by atoms with Crippen molar-refractivity contribution in [2.45, 2.75) is 31.8 Å². The zero-order chi connectivity index (χ0) is 19.8. The maximum Gasteiger partial charge on any atom is 0.221 e. The van der Waals surface area contributed by atoms with Gasteiger partial charge in [0.2, 0.25) is 5.95 Å². The molecule has 4 heterocycles. The van der Waals surface area contributed by atoms with Gasteiger partial charge in [-0.3, -0.25) is 5.10 Å². The molecule has 0 saturated carbocycles. The number of hydrogen-bond donors (Lipinski definition) is 4. The fourth-order valence-electron chi connectivity index (χ4n) is 3.73. The van der Waals surface area contributed by atoms with Gasteiger partial charge >= 0.3 is 0 Å². The predicted octanol–water partition coefficient (Wildman–Crippen LogP) is 3.41. The van der Waals surface area contributed by atoms with Crippen LogP contribution >= 0.6 is 0 Å². The molecule has 1 aliphatic heterocycles. The van der Waals surface area contributed by atoms with Gasteiger partial charge in [-0.25, -0.2) is 9.97 Å². The highest BCUT2D eigenvalue weighted by molar-refractivity contribution is 5.75. The van der Waals surface area contributed by atoms with E-state index in [0.29, 0.717) is 11.6 Å². The lowest BCUT2D eigenvalue weighted by atomic mass is 9.94. The van der Waals surface area contributed by atoms with Crippen LogP contribution in [0.5, 0.6) is 0 Å². The summed E-state index contributed by atoms with van der Waals surface area (Å²) in [5.74, 6) is 1.55. The van der Waals surface area contributed by atoms with Crippen LogP contribution in [0.3, 0.4) is 0 Å². The summed E-state index contributed by atoms with van der Waals surface area (Å²) >= 11 is 0. The van der Waals surface area contributed by atoms with Gasteiger partial charge in [0.15, 0.2) is 5.82 Å². The van der Waals surface area contributed by atoms with Crippen molar-refractivity contribution >= 4 is 28.6 Å². The van der Waals surface area contributed by atoms with Gasteiger partial charge in [-0.05, 0) is 30.5 Å². The number of rotatable bonds is 5. The number of fused-ring (bicyclic) bond motifs is 1. The number of imidazole rings is 1. The van der Waals surface area contributed by atoms with Crippen LogP contribution in [-0.4, -0.2) is 36.7 Å². The first-order valence-electron chi connectivity index (χ1n) is 9.67. The van der Waals surface area contributed by atoms with Crippen LogP contribution in [0.2, 0.25) is 0 Å². The third-order valence-corrected chi connectivity index (χ3v) is 5.37. The molecule has 5 rings (SSSR count). The number of nitrogens with two attached hydrogens (primary N) is 1. The van der Waals surface area contributed by atoms with Crippen LogP contribution in [0.1, 0.15) is 48.6 Å². The number of nitrogens with one attached hydrogen (secondary N) is 3. The van der Waals surface area contributed by atoms with Gasteiger partial charge in [0.25, 0.3) is 0 Å². The third kappa shape index (κ3) is 3.40. The van der Waals surface area contributed by atoms with Gasteiger partial charge < -0.3 is 20.8 Å². The topological polar surface area (TPSA) is 130 Å². The van der Waals surface area contributed by atoms with Crippen molar-refractivity contribution in [2.24, 2.45) is 0 Å². The van der Waals surface area contributed by atoms with Crippen molar-refractivity contribution < 1.29 is 4.74 Å². The summed E-state index contributed by atoms with van der Waals surface area (Å²) in [7, 11) is 0. The first-order valence-corrected chi connectivity index (χ1v) is 9.67. The molecular weight excluding hydrogens is 368 g/mol. The molecule has 0 spiro atoms. The molecule has 1 aromatic carbocycles. The Morgan fingerprint density at radius 2 is 2.21 bits per heavy atom. The number of ether oxygens (including phenoxy) is 1. The first kappa shape index (κ1) is 17.6. The minimum Gasteiger partial charge on any atom is -0.372 e. The van der Waals surface area contributed by atoms with E-state index in [9.17, 15) is 0 Å². The number of hydrogen-bond acceptors (Lipinski definition) is 7. The molecule has 0 radical (unpaired) electrons. The van der Waals surface area contributed by atoms with E-state index in [1.807, 2.05) is 12.1 Å². The van der Waals surface area contributed by atoms with E-state index >= 15 is 0 Å². The molecule has 0 aliphatic carbocycles. The average Bonchev–Trinajstić information content (AvgIpc) is 3.48. The van der Waals surface area contributed by atoms with Crippen molar-refractivity contribution in [2.75, 3.05) is 17.7 Å². The van der Waals surface area contributed by atoms with Crippen LogP contribution in [0.25, 0.3) is 11.0 Å². The van der Waals surface area contributed by atoms with Gasteiger partial charge in [-0.15, -0.1) is 0 Å². The fourth-order valence-corrected chi connectivity index (χ4v) is 3.73. The van der Waals surface area contributed by atoms with Gasteiger partial charge in [0.1, 0.15) is 5.82 Å². The number of aromatic amines is 2. The number of aromatic nitrogens is 6. The summed E-state index contributed by atoms with van der Waals surface area (Å²) in [4.78, 5) is 16.1. The lowest BCUT2D eigenvalue weighted by Crippen LogP contribution is -2.07. The zero-order valence-corrected chi connectivity index (χ0v) is 16.0. The highest BCUT2D eigenvalue weighted by atomic mass is 16.5. The molecule has 0 bridgehead atoms. The molecule has 3 aromatic heterocycles. The van der Waals surface area contributed by atoms with Crippen molar-refractivity contribution in [1.82, 2.24) is 30.1 Å². The Balaban J connectivity index is 1.45. The summed E-state index contributed by atoms with van der Waals surface area (Å²) in [6, 6.07) is 8.13. The van der Waals surface area contributed by atoms with E-state index in [1.54, 1.807) is 12.5 Å². The number of anilines is 3. The molecule has 2 atom stereocenters. The summed E-state index contributed by atoms with van der Waals surface area (Å²) in [6.07, 6.45) is 5.60. The minimum absolute atomic E-state index is 0.0378. The highest BCUT2D eigenvalue weighted by Crippen LogP contribution is 2.33. The zero-order valence-electron chi connectivity index (χ0n) is 16.0. The molecular formula is C20H22N8O. The second-order valence-corrected chi connectivity index (χ2v) is 7.27.